The van der Waals surface area contributed by atoms with E-state index in [4.69, 9.17) is 5.11 Å². The van der Waals surface area contributed by atoms with Gasteiger partial charge in [0.1, 0.15) is 6.04 Å². The lowest BCUT2D eigenvalue weighted by Gasteiger charge is -2.28. The molecular weight excluding hydrogens is 286 g/mol. The van der Waals surface area contributed by atoms with E-state index in [1.807, 2.05) is 6.26 Å². The second-order valence-electron chi connectivity index (χ2n) is 6.04. The van der Waals surface area contributed by atoms with Gasteiger partial charge in [0, 0.05) is 5.92 Å². The van der Waals surface area contributed by atoms with Gasteiger partial charge in [-0.05, 0) is 50.0 Å². The van der Waals surface area contributed by atoms with Crippen LogP contribution in [0.3, 0.4) is 0 Å². The van der Waals surface area contributed by atoms with Crippen molar-refractivity contribution in [1.29, 1.82) is 0 Å². The highest BCUT2D eigenvalue weighted by Gasteiger charge is 2.28. The van der Waals surface area contributed by atoms with Gasteiger partial charge in [-0.2, -0.15) is 11.8 Å². The molecule has 1 fully saturated rings. The lowest BCUT2D eigenvalue weighted by Crippen LogP contribution is -2.44. The molecule has 1 rings (SSSR count). The van der Waals surface area contributed by atoms with Crippen molar-refractivity contribution in [2.75, 3.05) is 12.0 Å². The summed E-state index contributed by atoms with van der Waals surface area (Å²) >= 11 is 1.60. The van der Waals surface area contributed by atoms with E-state index in [-0.39, 0.29) is 11.8 Å². The topological polar surface area (TPSA) is 66.4 Å². The molecule has 1 atom stereocenters. The van der Waals surface area contributed by atoms with Crippen molar-refractivity contribution in [2.24, 2.45) is 11.8 Å². The zero-order valence-corrected chi connectivity index (χ0v) is 14.1. The number of carboxylic acid groups (broad SMARTS) is 1. The van der Waals surface area contributed by atoms with E-state index in [0.717, 1.165) is 37.4 Å². The van der Waals surface area contributed by atoms with E-state index in [9.17, 15) is 9.59 Å². The van der Waals surface area contributed by atoms with Gasteiger partial charge in [0.15, 0.2) is 0 Å². The van der Waals surface area contributed by atoms with Crippen LogP contribution in [0.4, 0.5) is 0 Å². The maximum Gasteiger partial charge on any atom is 0.326 e. The lowest BCUT2D eigenvalue weighted by molar-refractivity contribution is -0.142. The standard InChI is InChI=1S/C16H29NO3S/c1-3-4-5-12-6-8-13(9-7-12)15(18)17-14(16(19)20)10-11-21-2/h12-14H,3-11H2,1-2H3,(H,17,18)(H,19,20)/t12?,13?,14-/m0/s1. The maximum absolute atomic E-state index is 12.2. The number of amides is 1. The SMILES string of the molecule is CCCCC1CCC(C(=O)N[C@@H](CCSC)C(=O)O)CC1. The molecule has 4 nitrogen and oxygen atoms in total. The molecule has 122 valence electrons. The number of aliphatic carboxylic acids is 1. The number of rotatable bonds is 9. The number of nitrogens with one attached hydrogen (secondary N) is 1. The van der Waals surface area contributed by atoms with Gasteiger partial charge in [0.05, 0.1) is 0 Å². The molecule has 0 unspecified atom stereocenters. The number of carbonyl (C=O) groups is 2. The lowest BCUT2D eigenvalue weighted by atomic mass is 9.79. The third-order valence-electron chi connectivity index (χ3n) is 4.41. The van der Waals surface area contributed by atoms with Crippen LogP contribution in [0.1, 0.15) is 58.3 Å². The molecule has 2 N–H and O–H groups in total. The summed E-state index contributed by atoms with van der Waals surface area (Å²) in [7, 11) is 0. The van der Waals surface area contributed by atoms with Gasteiger partial charge in [-0.25, -0.2) is 4.79 Å². The fourth-order valence-electron chi connectivity index (χ4n) is 2.99. The van der Waals surface area contributed by atoms with Crippen LogP contribution in [0.5, 0.6) is 0 Å². The monoisotopic (exact) mass is 315 g/mol. The highest BCUT2D eigenvalue weighted by molar-refractivity contribution is 7.98. The van der Waals surface area contributed by atoms with Crippen LogP contribution >= 0.6 is 11.8 Å². The first-order valence-electron chi connectivity index (χ1n) is 8.10. The van der Waals surface area contributed by atoms with Crippen LogP contribution in [0, 0.1) is 11.8 Å². The minimum atomic E-state index is -0.922. The maximum atomic E-state index is 12.2. The summed E-state index contributed by atoms with van der Waals surface area (Å²) in [6.07, 6.45) is 10.3. The summed E-state index contributed by atoms with van der Waals surface area (Å²) < 4.78 is 0. The first-order valence-corrected chi connectivity index (χ1v) is 9.50. The Morgan fingerprint density at radius 3 is 2.48 bits per heavy atom. The van der Waals surface area contributed by atoms with E-state index < -0.39 is 12.0 Å². The molecule has 1 aliphatic carbocycles. The van der Waals surface area contributed by atoms with E-state index >= 15 is 0 Å². The molecule has 0 spiro atoms. The van der Waals surface area contributed by atoms with Gasteiger partial charge in [-0.3, -0.25) is 4.79 Å². The minimum absolute atomic E-state index is 0.0130. The van der Waals surface area contributed by atoms with Crippen LogP contribution in [0.25, 0.3) is 0 Å². The summed E-state index contributed by atoms with van der Waals surface area (Å²) in [6, 6.07) is -0.734. The molecule has 0 aromatic heterocycles. The number of carbonyl (C=O) groups excluding carboxylic acids is 1. The number of thioether (sulfide) groups is 1. The van der Waals surface area contributed by atoms with Crippen molar-refractivity contribution in [2.45, 2.75) is 64.3 Å². The summed E-state index contributed by atoms with van der Waals surface area (Å²) in [5.74, 6) is 0.548. The zero-order chi connectivity index (χ0) is 15.7. The Balaban J connectivity index is 2.36. The quantitative estimate of drug-likeness (QED) is 0.685. The predicted molar refractivity (Wildman–Crippen MR) is 87.5 cm³/mol. The van der Waals surface area contributed by atoms with Crippen LogP contribution < -0.4 is 5.32 Å². The first kappa shape index (κ1) is 18.3. The molecule has 0 aliphatic heterocycles. The molecule has 0 aromatic carbocycles. The normalized spacial score (nSPS) is 23.5. The van der Waals surface area contributed by atoms with Crippen LogP contribution in [0.15, 0.2) is 0 Å². The van der Waals surface area contributed by atoms with Crippen molar-refractivity contribution in [3.63, 3.8) is 0 Å². The van der Waals surface area contributed by atoms with E-state index in [1.54, 1.807) is 11.8 Å². The number of hydrogen-bond acceptors (Lipinski definition) is 3. The molecular formula is C16H29NO3S. The van der Waals surface area contributed by atoms with Crippen molar-refractivity contribution >= 4 is 23.6 Å². The second-order valence-corrected chi connectivity index (χ2v) is 7.03. The summed E-state index contributed by atoms with van der Waals surface area (Å²) in [5.41, 5.74) is 0. The van der Waals surface area contributed by atoms with Gasteiger partial charge in [-0.1, -0.05) is 26.2 Å². The highest BCUT2D eigenvalue weighted by atomic mass is 32.2. The Morgan fingerprint density at radius 2 is 1.95 bits per heavy atom. The van der Waals surface area contributed by atoms with Crippen molar-refractivity contribution in [3.8, 4) is 0 Å². The minimum Gasteiger partial charge on any atom is -0.480 e. The molecule has 0 radical (unpaired) electrons. The second kappa shape index (κ2) is 10.1. The Kier molecular flexibility index (Phi) is 8.81. The van der Waals surface area contributed by atoms with Gasteiger partial charge in [-0.15, -0.1) is 0 Å². The summed E-state index contributed by atoms with van der Waals surface area (Å²) in [6.45, 7) is 2.21. The summed E-state index contributed by atoms with van der Waals surface area (Å²) in [5, 5.41) is 11.9. The first-order chi connectivity index (χ1) is 10.1. The van der Waals surface area contributed by atoms with E-state index in [0.29, 0.717) is 6.42 Å². The molecule has 21 heavy (non-hydrogen) atoms. The molecule has 0 saturated heterocycles. The Morgan fingerprint density at radius 1 is 1.29 bits per heavy atom. The third-order valence-corrected chi connectivity index (χ3v) is 5.05. The molecule has 0 bridgehead atoms. The predicted octanol–water partition coefficient (Wildman–Crippen LogP) is 3.31. The van der Waals surface area contributed by atoms with E-state index in [1.165, 1.54) is 19.3 Å². The number of hydrogen-bond donors (Lipinski definition) is 2. The highest BCUT2D eigenvalue weighted by Crippen LogP contribution is 2.32. The van der Waals surface area contributed by atoms with Gasteiger partial charge in [0.2, 0.25) is 5.91 Å². The summed E-state index contributed by atoms with van der Waals surface area (Å²) in [4.78, 5) is 23.4. The van der Waals surface area contributed by atoms with Crippen LogP contribution in [0.2, 0.25) is 0 Å². The fraction of sp³-hybridized carbons (Fsp3) is 0.875. The molecule has 1 saturated carbocycles. The molecule has 1 aliphatic rings. The number of unbranched alkanes of at least 4 members (excludes halogenated alkanes) is 1. The van der Waals surface area contributed by atoms with Crippen LogP contribution in [-0.2, 0) is 9.59 Å². The average Bonchev–Trinajstić information content (AvgIpc) is 2.49. The molecule has 1 amide bonds. The van der Waals surface area contributed by atoms with Crippen molar-refractivity contribution < 1.29 is 14.7 Å². The van der Waals surface area contributed by atoms with Crippen LogP contribution in [-0.4, -0.2) is 35.0 Å². The largest absolute Gasteiger partial charge is 0.480 e. The van der Waals surface area contributed by atoms with Crippen molar-refractivity contribution in [1.82, 2.24) is 5.32 Å². The van der Waals surface area contributed by atoms with Gasteiger partial charge >= 0.3 is 5.97 Å². The van der Waals surface area contributed by atoms with Gasteiger partial charge < -0.3 is 10.4 Å². The van der Waals surface area contributed by atoms with E-state index in [2.05, 4.69) is 12.2 Å². The Bertz CT molecular complexity index is 327. The molecule has 0 heterocycles. The zero-order valence-electron chi connectivity index (χ0n) is 13.3. The third kappa shape index (κ3) is 6.72. The average molecular weight is 315 g/mol. The Hall–Kier alpha value is -0.710. The molecule has 0 aromatic rings. The smallest absolute Gasteiger partial charge is 0.326 e. The fourth-order valence-corrected chi connectivity index (χ4v) is 3.46. The van der Waals surface area contributed by atoms with Gasteiger partial charge in [0.25, 0.3) is 0 Å². The van der Waals surface area contributed by atoms with Crippen molar-refractivity contribution in [3.05, 3.63) is 0 Å². The number of carboxylic acids is 1. The Labute approximate surface area is 132 Å². The molecule has 5 heteroatoms.